The fourth-order valence-electron chi connectivity index (χ4n) is 4.82. The van der Waals surface area contributed by atoms with Crippen LogP contribution in [-0.2, 0) is 0 Å². The smallest absolute Gasteiger partial charge is 0.290 e. The maximum Gasteiger partial charge on any atom is 0.290 e. The van der Waals surface area contributed by atoms with Crippen LogP contribution in [0.4, 0.5) is 4.39 Å². The number of fused-ring (bicyclic) bond motifs is 2. The Morgan fingerprint density at radius 3 is 2.44 bits per heavy atom. The summed E-state index contributed by atoms with van der Waals surface area (Å²) in [5.41, 5.74) is 0.907. The second-order valence-corrected chi connectivity index (χ2v) is 9.22. The number of hydrogen-bond acceptors (Lipinski definition) is 5. The van der Waals surface area contributed by atoms with Crippen LogP contribution in [-0.4, -0.2) is 48.5 Å². The van der Waals surface area contributed by atoms with Crippen LogP contribution >= 0.6 is 0 Å². The van der Waals surface area contributed by atoms with Gasteiger partial charge in [0.15, 0.2) is 5.43 Å². The van der Waals surface area contributed by atoms with Crippen molar-refractivity contribution in [3.05, 3.63) is 75.4 Å². The number of amides is 1. The van der Waals surface area contributed by atoms with Crippen molar-refractivity contribution in [3.63, 3.8) is 0 Å². The molecule has 1 aromatic heterocycles. The number of likely N-dealkylation sites (N-methyl/N-ethyl adjacent to an activating group) is 1. The lowest BCUT2D eigenvalue weighted by Crippen LogP contribution is -2.37. The van der Waals surface area contributed by atoms with Gasteiger partial charge in [-0.1, -0.05) is 52.2 Å². The second kappa shape index (κ2) is 11.7. The van der Waals surface area contributed by atoms with Crippen LogP contribution in [0.15, 0.2) is 51.7 Å². The van der Waals surface area contributed by atoms with Crippen LogP contribution in [0.3, 0.4) is 0 Å². The number of carbonyl (C=O) groups is 1. The van der Waals surface area contributed by atoms with Gasteiger partial charge < -0.3 is 19.0 Å². The predicted octanol–water partition coefficient (Wildman–Crippen LogP) is 5.78. The van der Waals surface area contributed by atoms with Gasteiger partial charge in [-0.2, -0.15) is 0 Å². The first-order valence-corrected chi connectivity index (χ1v) is 13.0. The van der Waals surface area contributed by atoms with E-state index in [0.717, 1.165) is 37.2 Å². The summed E-state index contributed by atoms with van der Waals surface area (Å²) in [4.78, 5) is 31.0. The van der Waals surface area contributed by atoms with Crippen molar-refractivity contribution in [2.75, 3.05) is 32.8 Å². The van der Waals surface area contributed by atoms with E-state index in [0.29, 0.717) is 19.7 Å². The van der Waals surface area contributed by atoms with Crippen molar-refractivity contribution < 1.29 is 18.3 Å². The first-order chi connectivity index (χ1) is 17.5. The maximum absolute atomic E-state index is 14.0. The quantitative estimate of drug-likeness (QED) is 0.299. The third-order valence-electron chi connectivity index (χ3n) is 6.94. The normalized spacial score (nSPS) is 15.2. The molecule has 1 atom stereocenters. The van der Waals surface area contributed by atoms with Gasteiger partial charge in [-0.3, -0.25) is 9.59 Å². The number of hydrogen-bond donors (Lipinski definition) is 0. The molecule has 0 saturated heterocycles. The maximum atomic E-state index is 14.0. The van der Waals surface area contributed by atoms with E-state index >= 15 is 0 Å². The van der Waals surface area contributed by atoms with Crippen molar-refractivity contribution in [2.45, 2.75) is 52.5 Å². The Hall–Kier alpha value is -3.19. The molecule has 2 heterocycles. The largest absolute Gasteiger partial charge is 0.494 e. The van der Waals surface area contributed by atoms with Gasteiger partial charge in [0.1, 0.15) is 17.1 Å². The molecule has 0 fully saturated rings. The minimum atomic E-state index is -0.606. The zero-order valence-corrected chi connectivity index (χ0v) is 21.4. The number of nitrogens with zero attached hydrogens (tertiary/aromatic N) is 2. The lowest BCUT2D eigenvalue weighted by Gasteiger charge is -2.28. The number of rotatable bonds is 12. The van der Waals surface area contributed by atoms with Crippen molar-refractivity contribution in [2.24, 2.45) is 0 Å². The van der Waals surface area contributed by atoms with E-state index in [-0.39, 0.29) is 33.6 Å². The third-order valence-corrected chi connectivity index (χ3v) is 6.94. The van der Waals surface area contributed by atoms with Gasteiger partial charge in [-0.15, -0.1) is 0 Å². The van der Waals surface area contributed by atoms with E-state index in [1.54, 1.807) is 4.90 Å². The summed E-state index contributed by atoms with van der Waals surface area (Å²) in [5.74, 6) is -0.0433. The summed E-state index contributed by atoms with van der Waals surface area (Å²) < 4.78 is 25.8. The van der Waals surface area contributed by atoms with Gasteiger partial charge in [-0.05, 0) is 55.4 Å². The van der Waals surface area contributed by atoms with Crippen molar-refractivity contribution in [1.29, 1.82) is 0 Å². The van der Waals surface area contributed by atoms with Gasteiger partial charge in [0.05, 0.1) is 23.6 Å². The third kappa shape index (κ3) is 5.31. The summed E-state index contributed by atoms with van der Waals surface area (Å²) >= 11 is 0. The van der Waals surface area contributed by atoms with Crippen molar-refractivity contribution >= 4 is 16.9 Å². The Bertz CT molecular complexity index is 1250. The molecule has 0 spiro atoms. The van der Waals surface area contributed by atoms with E-state index < -0.39 is 11.9 Å². The molecule has 7 heteroatoms. The van der Waals surface area contributed by atoms with Gasteiger partial charge in [0.2, 0.25) is 5.76 Å². The van der Waals surface area contributed by atoms with Crippen LogP contribution in [0.2, 0.25) is 0 Å². The fourth-order valence-corrected chi connectivity index (χ4v) is 4.82. The summed E-state index contributed by atoms with van der Waals surface area (Å²) in [6.07, 6.45) is 4.52. The standard InChI is InChI=1S/C29H35FN2O4/c1-4-7-8-9-18-35-22-13-10-20(11-14-22)26-25-27(33)23-19-21(30)12-15-24(23)36-28(25)29(34)32(26)17-16-31(5-2)6-3/h10-15,19,26H,4-9,16-18H2,1-3H3. The van der Waals surface area contributed by atoms with Crippen molar-refractivity contribution in [3.8, 4) is 5.75 Å². The molecule has 3 aromatic rings. The van der Waals surface area contributed by atoms with Gasteiger partial charge in [-0.25, -0.2) is 4.39 Å². The molecule has 192 valence electrons. The van der Waals surface area contributed by atoms with E-state index in [2.05, 4.69) is 25.7 Å². The summed E-state index contributed by atoms with van der Waals surface area (Å²) in [6.45, 7) is 9.82. The Balaban J connectivity index is 1.68. The zero-order valence-electron chi connectivity index (χ0n) is 21.4. The molecular weight excluding hydrogens is 459 g/mol. The van der Waals surface area contributed by atoms with Gasteiger partial charge in [0.25, 0.3) is 5.91 Å². The molecule has 1 aliphatic rings. The lowest BCUT2D eigenvalue weighted by atomic mass is 9.98. The average molecular weight is 495 g/mol. The molecule has 0 saturated carbocycles. The Morgan fingerprint density at radius 2 is 1.75 bits per heavy atom. The second-order valence-electron chi connectivity index (χ2n) is 9.22. The Labute approximate surface area is 211 Å². The highest BCUT2D eigenvalue weighted by Crippen LogP contribution is 2.38. The Kier molecular flexibility index (Phi) is 8.41. The predicted molar refractivity (Wildman–Crippen MR) is 139 cm³/mol. The van der Waals surface area contributed by atoms with Gasteiger partial charge in [0, 0.05) is 13.1 Å². The summed E-state index contributed by atoms with van der Waals surface area (Å²) in [5, 5.41) is 0.143. The monoisotopic (exact) mass is 494 g/mol. The zero-order chi connectivity index (χ0) is 25.7. The SMILES string of the molecule is CCCCCCOc1ccc(C2c3c(oc4ccc(F)cc4c3=O)C(=O)N2CCN(CC)CC)cc1. The molecule has 1 amide bonds. The minimum absolute atomic E-state index is 0.0416. The number of halogens is 1. The molecule has 1 unspecified atom stereocenters. The molecule has 2 aromatic carbocycles. The average Bonchev–Trinajstić information content (AvgIpc) is 3.17. The number of ether oxygens (including phenoxy) is 1. The minimum Gasteiger partial charge on any atom is -0.494 e. The van der Waals surface area contributed by atoms with Crippen LogP contribution in [0.5, 0.6) is 5.75 Å². The lowest BCUT2D eigenvalue weighted by molar-refractivity contribution is 0.0708. The number of unbranched alkanes of at least 4 members (excludes halogenated alkanes) is 3. The summed E-state index contributed by atoms with van der Waals surface area (Å²) in [7, 11) is 0. The topological polar surface area (TPSA) is 63.0 Å². The van der Waals surface area contributed by atoms with E-state index in [1.807, 2.05) is 24.3 Å². The fraction of sp³-hybridized carbons (Fsp3) is 0.448. The number of carbonyl (C=O) groups excluding carboxylic acids is 1. The van der Waals surface area contributed by atoms with Crippen LogP contribution in [0.25, 0.3) is 11.0 Å². The molecule has 1 aliphatic heterocycles. The van der Waals surface area contributed by atoms with Gasteiger partial charge >= 0.3 is 0 Å². The van der Waals surface area contributed by atoms with E-state index in [4.69, 9.17) is 9.15 Å². The molecule has 4 rings (SSSR count). The highest BCUT2D eigenvalue weighted by atomic mass is 19.1. The molecule has 6 nitrogen and oxygen atoms in total. The molecular formula is C29H35FN2O4. The van der Waals surface area contributed by atoms with E-state index in [9.17, 15) is 14.0 Å². The van der Waals surface area contributed by atoms with Crippen LogP contribution in [0, 0.1) is 5.82 Å². The number of benzene rings is 2. The highest BCUT2D eigenvalue weighted by Gasteiger charge is 2.42. The van der Waals surface area contributed by atoms with Crippen LogP contribution < -0.4 is 10.2 Å². The first-order valence-electron chi connectivity index (χ1n) is 13.0. The molecule has 0 bridgehead atoms. The molecule has 36 heavy (non-hydrogen) atoms. The molecule has 0 radical (unpaired) electrons. The van der Waals surface area contributed by atoms with E-state index in [1.165, 1.54) is 31.0 Å². The molecule has 0 N–H and O–H groups in total. The highest BCUT2D eigenvalue weighted by molar-refractivity contribution is 5.99. The summed E-state index contributed by atoms with van der Waals surface area (Å²) in [6, 6.07) is 10.8. The Morgan fingerprint density at radius 1 is 1.00 bits per heavy atom. The van der Waals surface area contributed by atoms with Crippen LogP contribution in [0.1, 0.15) is 74.2 Å². The van der Waals surface area contributed by atoms with Crippen molar-refractivity contribution in [1.82, 2.24) is 9.80 Å². The first kappa shape index (κ1) is 25.9. The molecule has 0 aliphatic carbocycles.